The largest absolute Gasteiger partial charge is 0.309 e. The summed E-state index contributed by atoms with van der Waals surface area (Å²) in [6.45, 7) is 5.45. The molecule has 0 aliphatic heterocycles. The van der Waals surface area contributed by atoms with Crippen LogP contribution in [0.3, 0.4) is 0 Å². The Morgan fingerprint density at radius 2 is 2.43 bits per heavy atom. The Balaban J connectivity index is 1.85. The third-order valence-corrected chi connectivity index (χ3v) is 4.17. The molecule has 1 N–H and O–H groups in total. The molecule has 78 valence electrons. The summed E-state index contributed by atoms with van der Waals surface area (Å²) < 4.78 is 0. The molecule has 14 heavy (non-hydrogen) atoms. The maximum Gasteiger partial charge on any atom is 0.0798 e. The minimum Gasteiger partial charge on any atom is -0.309 e. The Labute approximate surface area is 89.8 Å². The summed E-state index contributed by atoms with van der Waals surface area (Å²) in [5.41, 5.74) is 3.12. The standard InChI is InChI=1S/C11H18N2S/c1-8-4-3-5-10(8)12-6-11-9(2)13-7-14-11/h7-8,10,12H,3-6H2,1-2H3. The lowest BCUT2D eigenvalue weighted by atomic mass is 10.1. The third-order valence-electron chi connectivity index (χ3n) is 3.23. The fourth-order valence-corrected chi connectivity index (χ4v) is 2.90. The van der Waals surface area contributed by atoms with Crippen molar-refractivity contribution in [1.29, 1.82) is 0 Å². The summed E-state index contributed by atoms with van der Waals surface area (Å²) >= 11 is 1.76. The minimum absolute atomic E-state index is 0.733. The maximum absolute atomic E-state index is 4.26. The van der Waals surface area contributed by atoms with Crippen LogP contribution in [0.5, 0.6) is 0 Å². The summed E-state index contributed by atoms with van der Waals surface area (Å²) in [5, 5.41) is 3.64. The molecule has 1 fully saturated rings. The van der Waals surface area contributed by atoms with Gasteiger partial charge in [-0.2, -0.15) is 0 Å². The number of thiazole rings is 1. The molecule has 0 bridgehead atoms. The summed E-state index contributed by atoms with van der Waals surface area (Å²) in [5.74, 6) is 0.850. The molecule has 1 aliphatic carbocycles. The Morgan fingerprint density at radius 3 is 3.00 bits per heavy atom. The van der Waals surface area contributed by atoms with Crippen molar-refractivity contribution in [2.75, 3.05) is 0 Å². The monoisotopic (exact) mass is 210 g/mol. The maximum atomic E-state index is 4.26. The van der Waals surface area contributed by atoms with Gasteiger partial charge in [-0.1, -0.05) is 13.3 Å². The van der Waals surface area contributed by atoms with Crippen molar-refractivity contribution in [2.45, 2.75) is 45.7 Å². The molecule has 3 heteroatoms. The molecule has 1 aromatic heterocycles. The van der Waals surface area contributed by atoms with Crippen LogP contribution < -0.4 is 5.32 Å². The van der Waals surface area contributed by atoms with Crippen LogP contribution in [0.1, 0.15) is 36.8 Å². The molecule has 2 unspecified atom stereocenters. The summed E-state index contributed by atoms with van der Waals surface area (Å²) in [6.07, 6.45) is 4.12. The predicted molar refractivity (Wildman–Crippen MR) is 60.5 cm³/mol. The predicted octanol–water partition coefficient (Wildman–Crippen LogP) is 2.73. The second kappa shape index (κ2) is 4.41. The van der Waals surface area contributed by atoms with Gasteiger partial charge >= 0.3 is 0 Å². The lowest BCUT2D eigenvalue weighted by Gasteiger charge is -2.16. The molecule has 0 aromatic carbocycles. The van der Waals surface area contributed by atoms with Crippen LogP contribution in [0.2, 0.25) is 0 Å². The van der Waals surface area contributed by atoms with E-state index in [1.165, 1.54) is 29.8 Å². The fraction of sp³-hybridized carbons (Fsp3) is 0.727. The van der Waals surface area contributed by atoms with E-state index in [2.05, 4.69) is 24.1 Å². The van der Waals surface area contributed by atoms with Crippen LogP contribution in [0, 0.1) is 12.8 Å². The molecule has 2 nitrogen and oxygen atoms in total. The Hall–Kier alpha value is -0.410. The Bertz CT molecular complexity index is 295. The minimum atomic E-state index is 0.733. The van der Waals surface area contributed by atoms with E-state index in [1.54, 1.807) is 11.3 Å². The molecule has 1 aromatic rings. The molecular weight excluding hydrogens is 192 g/mol. The topological polar surface area (TPSA) is 24.9 Å². The van der Waals surface area contributed by atoms with Crippen LogP contribution in [0.4, 0.5) is 0 Å². The van der Waals surface area contributed by atoms with E-state index < -0.39 is 0 Å². The fourth-order valence-electron chi connectivity index (χ4n) is 2.17. The van der Waals surface area contributed by atoms with Crippen molar-refractivity contribution in [2.24, 2.45) is 5.92 Å². The smallest absolute Gasteiger partial charge is 0.0798 e. The summed E-state index contributed by atoms with van der Waals surface area (Å²) in [6, 6.07) is 0.733. The number of nitrogens with one attached hydrogen (secondary N) is 1. The highest BCUT2D eigenvalue weighted by molar-refractivity contribution is 7.09. The van der Waals surface area contributed by atoms with E-state index in [0.717, 1.165) is 18.5 Å². The van der Waals surface area contributed by atoms with E-state index in [0.29, 0.717) is 0 Å². The van der Waals surface area contributed by atoms with Crippen molar-refractivity contribution in [3.8, 4) is 0 Å². The van der Waals surface area contributed by atoms with Crippen LogP contribution >= 0.6 is 11.3 Å². The van der Waals surface area contributed by atoms with Crippen LogP contribution in [-0.4, -0.2) is 11.0 Å². The van der Waals surface area contributed by atoms with Crippen molar-refractivity contribution >= 4 is 11.3 Å². The average Bonchev–Trinajstić information content (AvgIpc) is 2.72. The molecular formula is C11H18N2S. The van der Waals surface area contributed by atoms with Crippen molar-refractivity contribution in [3.63, 3.8) is 0 Å². The molecule has 1 heterocycles. The van der Waals surface area contributed by atoms with E-state index in [1.807, 2.05) is 5.51 Å². The van der Waals surface area contributed by atoms with Gasteiger partial charge in [0.05, 0.1) is 11.2 Å². The second-order valence-corrected chi connectivity index (χ2v) is 5.20. The van der Waals surface area contributed by atoms with E-state index >= 15 is 0 Å². The number of nitrogens with zero attached hydrogens (tertiary/aromatic N) is 1. The Morgan fingerprint density at radius 1 is 1.57 bits per heavy atom. The summed E-state index contributed by atoms with van der Waals surface area (Å²) in [4.78, 5) is 5.65. The number of hydrogen-bond donors (Lipinski definition) is 1. The van der Waals surface area contributed by atoms with Crippen molar-refractivity contribution < 1.29 is 0 Å². The number of aromatic nitrogens is 1. The molecule has 2 rings (SSSR count). The van der Waals surface area contributed by atoms with Gasteiger partial charge in [0.1, 0.15) is 0 Å². The highest BCUT2D eigenvalue weighted by Crippen LogP contribution is 2.25. The van der Waals surface area contributed by atoms with Crippen molar-refractivity contribution in [1.82, 2.24) is 10.3 Å². The van der Waals surface area contributed by atoms with E-state index in [-0.39, 0.29) is 0 Å². The first-order chi connectivity index (χ1) is 6.77. The van der Waals surface area contributed by atoms with E-state index in [9.17, 15) is 0 Å². The second-order valence-electron chi connectivity index (χ2n) is 4.26. The first-order valence-corrected chi connectivity index (χ1v) is 6.27. The zero-order valence-electron chi connectivity index (χ0n) is 8.92. The van der Waals surface area contributed by atoms with Crippen LogP contribution in [0.25, 0.3) is 0 Å². The van der Waals surface area contributed by atoms with Gasteiger partial charge in [-0.15, -0.1) is 11.3 Å². The first kappa shape index (κ1) is 10.1. The lowest BCUT2D eigenvalue weighted by Crippen LogP contribution is -2.30. The Kier molecular flexibility index (Phi) is 3.19. The van der Waals surface area contributed by atoms with Gasteiger partial charge in [0.15, 0.2) is 0 Å². The molecule has 2 atom stereocenters. The lowest BCUT2D eigenvalue weighted by molar-refractivity contribution is 0.427. The van der Waals surface area contributed by atoms with Gasteiger partial charge < -0.3 is 5.32 Å². The SMILES string of the molecule is Cc1ncsc1CNC1CCCC1C. The van der Waals surface area contributed by atoms with Crippen LogP contribution in [0.15, 0.2) is 5.51 Å². The molecule has 0 radical (unpaired) electrons. The molecule has 0 amide bonds. The quantitative estimate of drug-likeness (QED) is 0.829. The van der Waals surface area contributed by atoms with Gasteiger partial charge in [-0.3, -0.25) is 0 Å². The number of aryl methyl sites for hydroxylation is 1. The zero-order chi connectivity index (χ0) is 9.97. The van der Waals surface area contributed by atoms with Gasteiger partial charge in [-0.05, 0) is 25.7 Å². The van der Waals surface area contributed by atoms with Gasteiger partial charge in [0.2, 0.25) is 0 Å². The highest BCUT2D eigenvalue weighted by Gasteiger charge is 2.22. The number of rotatable bonds is 3. The van der Waals surface area contributed by atoms with Gasteiger partial charge in [0, 0.05) is 17.5 Å². The first-order valence-electron chi connectivity index (χ1n) is 5.39. The molecule has 0 spiro atoms. The van der Waals surface area contributed by atoms with Crippen LogP contribution in [-0.2, 0) is 6.54 Å². The summed E-state index contributed by atoms with van der Waals surface area (Å²) in [7, 11) is 0. The average molecular weight is 210 g/mol. The van der Waals surface area contributed by atoms with E-state index in [4.69, 9.17) is 0 Å². The molecule has 0 saturated heterocycles. The molecule has 1 saturated carbocycles. The van der Waals surface area contributed by atoms with Crippen molar-refractivity contribution in [3.05, 3.63) is 16.1 Å². The highest BCUT2D eigenvalue weighted by atomic mass is 32.1. The number of hydrogen-bond acceptors (Lipinski definition) is 3. The van der Waals surface area contributed by atoms with Gasteiger partial charge in [0.25, 0.3) is 0 Å². The molecule has 1 aliphatic rings. The van der Waals surface area contributed by atoms with Gasteiger partial charge in [-0.25, -0.2) is 4.98 Å². The third kappa shape index (κ3) is 2.15. The normalized spacial score (nSPS) is 27.0. The zero-order valence-corrected chi connectivity index (χ0v) is 9.73.